The molecule has 20 heavy (non-hydrogen) atoms. The molecule has 1 heterocycles. The van der Waals surface area contributed by atoms with Crippen molar-refractivity contribution in [1.29, 1.82) is 0 Å². The van der Waals surface area contributed by atoms with Crippen molar-refractivity contribution in [1.82, 2.24) is 5.32 Å². The maximum atomic E-state index is 12.1. The third-order valence-electron chi connectivity index (χ3n) is 4.49. The molecule has 0 aromatic rings. The maximum absolute atomic E-state index is 12.1. The first-order valence-corrected chi connectivity index (χ1v) is 8.24. The Kier molecular flexibility index (Phi) is 6.80. The van der Waals surface area contributed by atoms with Crippen LogP contribution in [0, 0.1) is 11.8 Å². The largest absolute Gasteiger partial charge is 0.379 e. The van der Waals surface area contributed by atoms with Gasteiger partial charge in [-0.05, 0) is 31.6 Å². The molecule has 0 aromatic carbocycles. The van der Waals surface area contributed by atoms with E-state index in [-0.39, 0.29) is 11.8 Å². The number of nitrogens with one attached hydrogen (secondary N) is 1. The summed E-state index contributed by atoms with van der Waals surface area (Å²) < 4.78 is 10.5. The van der Waals surface area contributed by atoms with E-state index in [1.807, 2.05) is 0 Å². The molecule has 2 aliphatic rings. The summed E-state index contributed by atoms with van der Waals surface area (Å²) in [6.07, 6.45) is 8.74. The average Bonchev–Trinajstić information content (AvgIpc) is 3.30. The number of ether oxygens (including phenoxy) is 2. The van der Waals surface area contributed by atoms with Crippen molar-refractivity contribution in [3.8, 4) is 0 Å². The predicted molar refractivity (Wildman–Crippen MR) is 78.5 cm³/mol. The van der Waals surface area contributed by atoms with Gasteiger partial charge in [0, 0.05) is 19.1 Å². The van der Waals surface area contributed by atoms with Crippen LogP contribution in [0.2, 0.25) is 0 Å². The molecule has 0 spiro atoms. The summed E-state index contributed by atoms with van der Waals surface area (Å²) in [7, 11) is 0. The van der Waals surface area contributed by atoms with E-state index < -0.39 is 0 Å². The fourth-order valence-electron chi connectivity index (χ4n) is 2.93. The molecule has 4 nitrogen and oxygen atoms in total. The molecule has 1 N–H and O–H groups in total. The molecule has 116 valence electrons. The van der Waals surface area contributed by atoms with Crippen LogP contribution in [0.25, 0.3) is 0 Å². The molecule has 2 atom stereocenters. The van der Waals surface area contributed by atoms with E-state index in [0.29, 0.717) is 12.0 Å². The van der Waals surface area contributed by atoms with Gasteiger partial charge in [-0.3, -0.25) is 4.79 Å². The Labute approximate surface area is 122 Å². The number of epoxide rings is 1. The first kappa shape index (κ1) is 15.8. The third-order valence-corrected chi connectivity index (χ3v) is 4.49. The second-order valence-electron chi connectivity index (χ2n) is 6.22. The molecule has 1 aliphatic carbocycles. The van der Waals surface area contributed by atoms with Crippen molar-refractivity contribution in [2.24, 2.45) is 11.8 Å². The van der Waals surface area contributed by atoms with E-state index in [1.54, 1.807) is 0 Å². The number of rotatable bonds is 9. The Bertz CT molecular complexity index is 285. The van der Waals surface area contributed by atoms with Crippen molar-refractivity contribution >= 4 is 5.91 Å². The van der Waals surface area contributed by atoms with Crippen molar-refractivity contribution in [2.45, 2.75) is 58.0 Å². The Morgan fingerprint density at radius 2 is 2.05 bits per heavy atom. The number of carbonyl (C=O) groups is 1. The summed E-state index contributed by atoms with van der Waals surface area (Å²) in [6.45, 7) is 5.22. The lowest BCUT2D eigenvalue weighted by Gasteiger charge is -2.26. The smallest absolute Gasteiger partial charge is 0.223 e. The van der Waals surface area contributed by atoms with E-state index >= 15 is 0 Å². The minimum absolute atomic E-state index is 0.179. The molecule has 1 aliphatic heterocycles. The Morgan fingerprint density at radius 3 is 2.75 bits per heavy atom. The first-order valence-electron chi connectivity index (χ1n) is 8.24. The SMILES string of the molecule is CC(C(=O)NCCCCOCC1CO1)C1CCCCC1. The van der Waals surface area contributed by atoms with Crippen molar-refractivity contribution < 1.29 is 14.3 Å². The van der Waals surface area contributed by atoms with Crippen LogP contribution in [-0.4, -0.2) is 38.4 Å². The van der Waals surface area contributed by atoms with Crippen molar-refractivity contribution in [3.05, 3.63) is 0 Å². The van der Waals surface area contributed by atoms with Gasteiger partial charge in [-0.1, -0.05) is 26.2 Å². The Hall–Kier alpha value is -0.610. The average molecular weight is 283 g/mol. The molecule has 1 saturated heterocycles. The van der Waals surface area contributed by atoms with Gasteiger partial charge in [0.05, 0.1) is 13.2 Å². The van der Waals surface area contributed by atoms with Gasteiger partial charge >= 0.3 is 0 Å². The third kappa shape index (κ3) is 5.80. The number of hydrogen-bond acceptors (Lipinski definition) is 3. The zero-order valence-corrected chi connectivity index (χ0v) is 12.7. The molecule has 1 saturated carbocycles. The summed E-state index contributed by atoms with van der Waals surface area (Å²) in [4.78, 5) is 12.1. The molecule has 2 unspecified atom stereocenters. The van der Waals surface area contributed by atoms with Crippen LogP contribution in [0.4, 0.5) is 0 Å². The quantitative estimate of drug-likeness (QED) is 0.522. The fraction of sp³-hybridized carbons (Fsp3) is 0.938. The van der Waals surface area contributed by atoms with Gasteiger partial charge in [-0.15, -0.1) is 0 Å². The van der Waals surface area contributed by atoms with E-state index in [9.17, 15) is 4.79 Å². The highest BCUT2D eigenvalue weighted by Gasteiger charge is 2.25. The highest BCUT2D eigenvalue weighted by atomic mass is 16.6. The van der Waals surface area contributed by atoms with Crippen LogP contribution in [-0.2, 0) is 14.3 Å². The number of hydrogen-bond donors (Lipinski definition) is 1. The van der Waals surface area contributed by atoms with Gasteiger partial charge in [-0.25, -0.2) is 0 Å². The second kappa shape index (κ2) is 8.63. The number of carbonyl (C=O) groups excluding carboxylic acids is 1. The normalized spacial score (nSPS) is 24.4. The lowest BCUT2D eigenvalue weighted by atomic mass is 9.80. The summed E-state index contributed by atoms with van der Waals surface area (Å²) in [5, 5.41) is 3.07. The summed E-state index contributed by atoms with van der Waals surface area (Å²) in [5.74, 6) is 1.02. The van der Waals surface area contributed by atoms with Gasteiger partial charge in [-0.2, -0.15) is 0 Å². The van der Waals surface area contributed by atoms with E-state index in [1.165, 1.54) is 32.1 Å². The monoisotopic (exact) mass is 283 g/mol. The number of unbranched alkanes of at least 4 members (excludes halogenated alkanes) is 1. The van der Waals surface area contributed by atoms with E-state index in [0.717, 1.165) is 39.2 Å². The van der Waals surface area contributed by atoms with Gasteiger partial charge in [0.15, 0.2) is 0 Å². The minimum atomic E-state index is 0.179. The zero-order chi connectivity index (χ0) is 14.2. The van der Waals surface area contributed by atoms with Crippen LogP contribution < -0.4 is 5.32 Å². The molecule has 1 amide bonds. The summed E-state index contributed by atoms with van der Waals surface area (Å²) in [6, 6.07) is 0. The predicted octanol–water partition coefficient (Wildman–Crippen LogP) is 2.51. The maximum Gasteiger partial charge on any atom is 0.223 e. The fourth-order valence-corrected chi connectivity index (χ4v) is 2.93. The zero-order valence-electron chi connectivity index (χ0n) is 12.7. The van der Waals surface area contributed by atoms with Crippen LogP contribution in [0.15, 0.2) is 0 Å². The van der Waals surface area contributed by atoms with Crippen LogP contribution in [0.1, 0.15) is 51.9 Å². The van der Waals surface area contributed by atoms with Gasteiger partial charge in [0.1, 0.15) is 6.10 Å². The van der Waals surface area contributed by atoms with Crippen molar-refractivity contribution in [3.63, 3.8) is 0 Å². The van der Waals surface area contributed by atoms with Crippen LogP contribution >= 0.6 is 0 Å². The first-order chi connectivity index (χ1) is 9.77. The Balaban J connectivity index is 1.46. The molecule has 0 aromatic heterocycles. The standard InChI is InChI=1S/C16H29NO3/c1-13(14-7-3-2-4-8-14)16(18)17-9-5-6-10-19-11-15-12-20-15/h13-15H,2-12H2,1H3,(H,17,18). The van der Waals surface area contributed by atoms with E-state index in [4.69, 9.17) is 9.47 Å². The highest BCUT2D eigenvalue weighted by molar-refractivity contribution is 5.78. The van der Waals surface area contributed by atoms with Crippen LogP contribution in [0.3, 0.4) is 0 Å². The summed E-state index contributed by atoms with van der Waals surface area (Å²) in [5.41, 5.74) is 0. The van der Waals surface area contributed by atoms with Gasteiger partial charge in [0.25, 0.3) is 0 Å². The highest BCUT2D eigenvalue weighted by Crippen LogP contribution is 2.29. The lowest BCUT2D eigenvalue weighted by Crippen LogP contribution is -2.34. The van der Waals surface area contributed by atoms with Gasteiger partial charge < -0.3 is 14.8 Å². The molecular formula is C16H29NO3. The molecule has 2 rings (SSSR count). The molecule has 0 bridgehead atoms. The topological polar surface area (TPSA) is 50.9 Å². The van der Waals surface area contributed by atoms with Crippen LogP contribution in [0.5, 0.6) is 0 Å². The molecule has 2 fully saturated rings. The lowest BCUT2D eigenvalue weighted by molar-refractivity contribution is -0.126. The molecule has 4 heteroatoms. The molecule has 0 radical (unpaired) electrons. The Morgan fingerprint density at radius 1 is 1.30 bits per heavy atom. The van der Waals surface area contributed by atoms with Gasteiger partial charge in [0.2, 0.25) is 5.91 Å². The minimum Gasteiger partial charge on any atom is -0.379 e. The second-order valence-corrected chi connectivity index (χ2v) is 6.22. The van der Waals surface area contributed by atoms with Crippen molar-refractivity contribution in [2.75, 3.05) is 26.4 Å². The molecular weight excluding hydrogens is 254 g/mol. The summed E-state index contributed by atoms with van der Waals surface area (Å²) >= 11 is 0. The van der Waals surface area contributed by atoms with E-state index in [2.05, 4.69) is 12.2 Å². The number of amides is 1.